The molecule has 0 bridgehead atoms. The number of nitrogens with one attached hydrogen (secondary N) is 1. The second-order valence-electron chi connectivity index (χ2n) is 6.80. The molecule has 8 heteroatoms. The van der Waals surface area contributed by atoms with Crippen LogP contribution in [0, 0.1) is 0 Å². The van der Waals surface area contributed by atoms with Gasteiger partial charge >= 0.3 is 5.97 Å². The number of thiophene rings is 1. The topological polar surface area (TPSA) is 82.5 Å². The van der Waals surface area contributed by atoms with E-state index in [0.717, 1.165) is 10.6 Å². The molecule has 162 valence electrons. The fourth-order valence-corrected chi connectivity index (χ4v) is 3.78. The molecule has 0 fully saturated rings. The lowest BCUT2D eigenvalue weighted by Crippen LogP contribution is -2.28. The van der Waals surface area contributed by atoms with E-state index in [1.807, 2.05) is 66.0 Å². The van der Waals surface area contributed by atoms with Crippen molar-refractivity contribution in [1.82, 2.24) is 15.1 Å². The molecule has 2 aromatic heterocycles. The van der Waals surface area contributed by atoms with Gasteiger partial charge in [0.2, 0.25) is 0 Å². The standard InChI is InChI=1S/C24H21N3O4S/c1-30-21-12-6-5-11-19(21)23-20(15-27(26-23)17-8-3-2-4-9-17)24(29)31-16-22(28)25-14-18-10-7-13-32-18/h2-13,15H,14,16H2,1H3,(H,25,28). The van der Waals surface area contributed by atoms with E-state index in [2.05, 4.69) is 10.4 Å². The summed E-state index contributed by atoms with van der Waals surface area (Å²) < 4.78 is 12.4. The molecule has 0 radical (unpaired) electrons. The summed E-state index contributed by atoms with van der Waals surface area (Å²) in [6.45, 7) is 0.0124. The maximum absolute atomic E-state index is 12.9. The van der Waals surface area contributed by atoms with E-state index in [1.54, 1.807) is 35.4 Å². The Kier molecular flexibility index (Phi) is 6.62. The van der Waals surface area contributed by atoms with Crippen LogP contribution in [0.2, 0.25) is 0 Å². The fraction of sp³-hybridized carbons (Fsp3) is 0.125. The normalized spacial score (nSPS) is 10.5. The van der Waals surface area contributed by atoms with E-state index >= 15 is 0 Å². The molecule has 0 spiro atoms. The lowest BCUT2D eigenvalue weighted by molar-refractivity contribution is -0.124. The average Bonchev–Trinajstić information content (AvgIpc) is 3.52. The van der Waals surface area contributed by atoms with E-state index < -0.39 is 5.97 Å². The minimum absolute atomic E-state index is 0.240. The SMILES string of the molecule is COc1ccccc1-c1nn(-c2ccccc2)cc1C(=O)OCC(=O)NCc1cccs1. The maximum Gasteiger partial charge on any atom is 0.342 e. The molecule has 0 saturated carbocycles. The predicted octanol–water partition coefficient (Wildman–Crippen LogP) is 4.08. The summed E-state index contributed by atoms with van der Waals surface area (Å²) in [6, 6.07) is 20.6. The van der Waals surface area contributed by atoms with Gasteiger partial charge < -0.3 is 14.8 Å². The molecule has 0 aliphatic carbocycles. The Morgan fingerprint density at radius 1 is 1.03 bits per heavy atom. The first-order valence-corrected chi connectivity index (χ1v) is 10.8. The van der Waals surface area contributed by atoms with Gasteiger partial charge in [-0.3, -0.25) is 4.79 Å². The molecule has 1 N–H and O–H groups in total. The number of hydrogen-bond acceptors (Lipinski definition) is 6. The number of rotatable bonds is 8. The van der Waals surface area contributed by atoms with Crippen molar-refractivity contribution in [2.45, 2.75) is 6.54 Å². The summed E-state index contributed by atoms with van der Waals surface area (Å²) in [4.78, 5) is 26.1. The van der Waals surface area contributed by atoms with E-state index in [4.69, 9.17) is 9.47 Å². The molecule has 2 heterocycles. The van der Waals surface area contributed by atoms with Crippen LogP contribution < -0.4 is 10.1 Å². The molecule has 2 aromatic carbocycles. The van der Waals surface area contributed by atoms with Crippen molar-refractivity contribution in [2.75, 3.05) is 13.7 Å². The highest BCUT2D eigenvalue weighted by molar-refractivity contribution is 7.09. The summed E-state index contributed by atoms with van der Waals surface area (Å²) in [7, 11) is 1.56. The number of nitrogens with zero attached hydrogens (tertiary/aromatic N) is 2. The number of hydrogen-bond donors (Lipinski definition) is 1. The van der Waals surface area contributed by atoms with Crippen LogP contribution >= 0.6 is 11.3 Å². The van der Waals surface area contributed by atoms with Gasteiger partial charge in [-0.1, -0.05) is 36.4 Å². The number of carbonyl (C=O) groups excluding carboxylic acids is 2. The molecule has 7 nitrogen and oxygen atoms in total. The largest absolute Gasteiger partial charge is 0.496 e. The number of esters is 1. The Labute approximate surface area is 189 Å². The van der Waals surface area contributed by atoms with Crippen LogP contribution in [-0.2, 0) is 16.1 Å². The summed E-state index contributed by atoms with van der Waals surface area (Å²) in [6.07, 6.45) is 1.60. The molecule has 4 rings (SSSR count). The second-order valence-corrected chi connectivity index (χ2v) is 7.84. The van der Waals surface area contributed by atoms with Crippen molar-refractivity contribution in [1.29, 1.82) is 0 Å². The number of benzene rings is 2. The number of ether oxygens (including phenoxy) is 2. The third kappa shape index (κ3) is 4.87. The van der Waals surface area contributed by atoms with Crippen molar-refractivity contribution in [3.05, 3.63) is 88.7 Å². The Morgan fingerprint density at radius 2 is 1.81 bits per heavy atom. The third-order valence-electron chi connectivity index (χ3n) is 4.69. The van der Waals surface area contributed by atoms with Gasteiger partial charge in [0, 0.05) is 16.6 Å². The van der Waals surface area contributed by atoms with Crippen molar-refractivity contribution in [3.63, 3.8) is 0 Å². The van der Waals surface area contributed by atoms with Gasteiger partial charge in [0.05, 0.1) is 19.3 Å². The van der Waals surface area contributed by atoms with Crippen LogP contribution in [0.5, 0.6) is 5.75 Å². The zero-order valence-corrected chi connectivity index (χ0v) is 18.2. The van der Waals surface area contributed by atoms with Crippen molar-refractivity contribution < 1.29 is 19.1 Å². The highest BCUT2D eigenvalue weighted by atomic mass is 32.1. The lowest BCUT2D eigenvalue weighted by atomic mass is 10.1. The number of carbonyl (C=O) groups is 2. The predicted molar refractivity (Wildman–Crippen MR) is 122 cm³/mol. The van der Waals surface area contributed by atoms with E-state index in [1.165, 1.54) is 0 Å². The fourth-order valence-electron chi connectivity index (χ4n) is 3.13. The summed E-state index contributed by atoms with van der Waals surface area (Å²) >= 11 is 1.54. The zero-order chi connectivity index (χ0) is 22.3. The Bertz CT molecular complexity index is 1200. The van der Waals surface area contributed by atoms with Gasteiger partial charge in [-0.15, -0.1) is 11.3 Å². The van der Waals surface area contributed by atoms with E-state index in [0.29, 0.717) is 23.6 Å². The Morgan fingerprint density at radius 3 is 2.56 bits per heavy atom. The van der Waals surface area contributed by atoms with E-state index in [-0.39, 0.29) is 18.1 Å². The van der Waals surface area contributed by atoms with Crippen LogP contribution in [0.1, 0.15) is 15.2 Å². The van der Waals surface area contributed by atoms with Gasteiger partial charge in [0.25, 0.3) is 5.91 Å². The maximum atomic E-state index is 12.9. The highest BCUT2D eigenvalue weighted by Crippen LogP contribution is 2.32. The zero-order valence-electron chi connectivity index (χ0n) is 17.4. The number of amides is 1. The molecule has 32 heavy (non-hydrogen) atoms. The first-order valence-electron chi connectivity index (χ1n) is 9.90. The first kappa shape index (κ1) is 21.3. The Hall–Kier alpha value is -3.91. The monoisotopic (exact) mass is 447 g/mol. The molecule has 1 amide bonds. The Balaban J connectivity index is 1.56. The number of para-hydroxylation sites is 2. The molecule has 0 atom stereocenters. The first-order chi connectivity index (χ1) is 15.7. The van der Waals surface area contributed by atoms with Crippen LogP contribution in [0.3, 0.4) is 0 Å². The van der Waals surface area contributed by atoms with Gasteiger partial charge in [-0.25, -0.2) is 9.48 Å². The molecule has 0 saturated heterocycles. The van der Waals surface area contributed by atoms with Gasteiger partial charge in [0.15, 0.2) is 6.61 Å². The van der Waals surface area contributed by atoms with Crippen LogP contribution in [-0.4, -0.2) is 35.4 Å². The summed E-state index contributed by atoms with van der Waals surface area (Å²) in [5.74, 6) is -0.436. The number of methoxy groups -OCH3 is 1. The molecular formula is C24H21N3O4S. The van der Waals surface area contributed by atoms with Crippen LogP contribution in [0.25, 0.3) is 16.9 Å². The van der Waals surface area contributed by atoms with E-state index in [9.17, 15) is 9.59 Å². The molecule has 4 aromatic rings. The van der Waals surface area contributed by atoms with Gasteiger partial charge in [-0.2, -0.15) is 5.10 Å². The summed E-state index contributed by atoms with van der Waals surface area (Å²) in [5, 5.41) is 9.29. The molecular weight excluding hydrogens is 426 g/mol. The van der Waals surface area contributed by atoms with Crippen LogP contribution in [0.4, 0.5) is 0 Å². The molecule has 0 unspecified atom stereocenters. The lowest BCUT2D eigenvalue weighted by Gasteiger charge is -2.08. The minimum atomic E-state index is -0.639. The average molecular weight is 448 g/mol. The summed E-state index contributed by atoms with van der Waals surface area (Å²) in [5.41, 5.74) is 2.09. The molecule has 0 aliphatic rings. The molecule has 0 aliphatic heterocycles. The number of aromatic nitrogens is 2. The third-order valence-corrected chi connectivity index (χ3v) is 5.57. The highest BCUT2D eigenvalue weighted by Gasteiger charge is 2.23. The van der Waals surface area contributed by atoms with Gasteiger partial charge in [0.1, 0.15) is 17.0 Å². The van der Waals surface area contributed by atoms with Crippen molar-refractivity contribution in [3.8, 4) is 22.7 Å². The quantitative estimate of drug-likeness (QED) is 0.412. The van der Waals surface area contributed by atoms with Crippen LogP contribution in [0.15, 0.2) is 78.3 Å². The second kappa shape index (κ2) is 9.93. The van der Waals surface area contributed by atoms with Crippen molar-refractivity contribution in [2.24, 2.45) is 0 Å². The minimum Gasteiger partial charge on any atom is -0.496 e. The smallest absolute Gasteiger partial charge is 0.342 e. The van der Waals surface area contributed by atoms with Crippen molar-refractivity contribution >= 4 is 23.2 Å². The van der Waals surface area contributed by atoms with Gasteiger partial charge in [-0.05, 0) is 35.7 Å².